The van der Waals surface area contributed by atoms with Gasteiger partial charge < -0.3 is 54.0 Å². The predicted octanol–water partition coefficient (Wildman–Crippen LogP) is 16.5. The maximum absolute atomic E-state index is 5.80. The van der Waals surface area contributed by atoms with Crippen LogP contribution in [0, 0.1) is 11.8 Å². The summed E-state index contributed by atoms with van der Waals surface area (Å²) in [4.78, 5) is 19.7. The molecule has 6 aliphatic heterocycles. The highest BCUT2D eigenvalue weighted by atomic mass is 31.1. The number of hydrogen-bond acceptors (Lipinski definition) is 11. The highest BCUT2D eigenvalue weighted by Crippen LogP contribution is 2.37. The molecule has 6 fully saturated rings. The molecule has 7 aromatic rings. The minimum Gasteiger partial charge on any atom is -0.378 e. The second-order valence-electron chi connectivity index (χ2n) is 31.3. The molecule has 588 valence electrons. The molecule has 0 bridgehead atoms. The molecule has 1 N–H and O–H groups in total. The van der Waals surface area contributed by atoms with Crippen molar-refractivity contribution in [1.82, 2.24) is 10.2 Å². The van der Waals surface area contributed by atoms with Gasteiger partial charge in [0.15, 0.2) is 0 Å². The Balaban J connectivity index is 0.000000174. The molecule has 11 nitrogen and oxygen atoms in total. The summed E-state index contributed by atoms with van der Waals surface area (Å²) >= 11 is 0. The lowest BCUT2D eigenvalue weighted by Crippen LogP contribution is -2.46. The summed E-state index contributed by atoms with van der Waals surface area (Å²) < 4.78 is 11.2. The highest BCUT2D eigenvalue weighted by Gasteiger charge is 2.27. The van der Waals surface area contributed by atoms with Crippen molar-refractivity contribution < 1.29 is 9.47 Å². The quantitative estimate of drug-likeness (QED) is 0.106. The van der Waals surface area contributed by atoms with Gasteiger partial charge in [0.05, 0.1) is 25.4 Å². The summed E-state index contributed by atoms with van der Waals surface area (Å²) in [6.45, 7) is 61.6. The third-order valence-electron chi connectivity index (χ3n) is 20.3. The lowest BCUT2D eigenvalue weighted by molar-refractivity contribution is -0.00516. The number of rotatable bonds is 14. The van der Waals surface area contributed by atoms with Crippen molar-refractivity contribution in [2.45, 2.75) is 65.6 Å². The second kappa shape index (κ2) is 47.5. The molecule has 6 saturated heterocycles. The van der Waals surface area contributed by atoms with Crippen LogP contribution in [0.1, 0.15) is 53.4 Å². The lowest BCUT2D eigenvalue weighted by Gasteiger charge is -2.38. The Morgan fingerprint density at radius 1 is 0.318 bits per heavy atom. The Hall–Kier alpha value is -4.01. The number of piperazine rings is 2. The fourth-order valence-corrected chi connectivity index (χ4v) is 22.5. The van der Waals surface area contributed by atoms with Crippen molar-refractivity contribution in [3.05, 3.63) is 170 Å². The molecule has 6 heterocycles. The molecular formula is C89H140N9O2P7. The summed E-state index contributed by atoms with van der Waals surface area (Å²) in [5, 5.41) is 14.1. The highest BCUT2D eigenvalue weighted by molar-refractivity contribution is 7.66. The van der Waals surface area contributed by atoms with E-state index in [4.69, 9.17) is 9.47 Å². The van der Waals surface area contributed by atoms with Crippen molar-refractivity contribution in [2.75, 3.05) is 267 Å². The van der Waals surface area contributed by atoms with E-state index in [1.165, 1.54) is 126 Å². The number of benzene rings is 7. The zero-order chi connectivity index (χ0) is 77.5. The Morgan fingerprint density at radius 3 is 0.925 bits per heavy atom. The largest absolute Gasteiger partial charge is 0.378 e. The van der Waals surface area contributed by atoms with E-state index in [0.29, 0.717) is 12.2 Å². The van der Waals surface area contributed by atoms with Gasteiger partial charge >= 0.3 is 0 Å². The molecule has 4 atom stereocenters. The summed E-state index contributed by atoms with van der Waals surface area (Å²) in [6, 6.07) is 61.9. The van der Waals surface area contributed by atoms with E-state index in [0.717, 1.165) is 90.5 Å². The van der Waals surface area contributed by atoms with Gasteiger partial charge in [-0.3, -0.25) is 0 Å². The minimum atomic E-state index is -0.0522. The number of morpholine rings is 2. The van der Waals surface area contributed by atoms with Crippen LogP contribution in [0.15, 0.2) is 170 Å². The normalized spacial score (nSPS) is 19.1. The van der Waals surface area contributed by atoms with Crippen molar-refractivity contribution in [2.24, 2.45) is 11.8 Å². The van der Waals surface area contributed by atoms with Gasteiger partial charge in [-0.15, -0.1) is 0 Å². The summed E-state index contributed by atoms with van der Waals surface area (Å²) in [6.07, 6.45) is 6.16. The van der Waals surface area contributed by atoms with E-state index >= 15 is 0 Å². The molecule has 18 heteroatoms. The molecule has 6 aliphatic rings. The third kappa shape index (κ3) is 29.2. The van der Waals surface area contributed by atoms with Crippen LogP contribution >= 0.6 is 55.5 Å². The number of anilines is 7. The fraction of sp³-hybridized carbons (Fsp3) is 0.528. The maximum Gasteiger partial charge on any atom is 0.0726 e. The molecule has 0 radical (unpaired) electrons. The van der Waals surface area contributed by atoms with Crippen LogP contribution in [0.4, 0.5) is 39.8 Å². The number of hydrogen-bond donors (Lipinski definition) is 1. The first-order valence-electron chi connectivity index (χ1n) is 39.5. The molecule has 4 unspecified atom stereocenters. The van der Waals surface area contributed by atoms with Crippen LogP contribution in [-0.2, 0) is 9.47 Å². The molecule has 13 rings (SSSR count). The average Bonchev–Trinajstić information content (AvgIpc) is 0.836. The monoisotopic (exact) mass is 1580 g/mol. The number of nitrogens with zero attached hydrogens (tertiary/aromatic N) is 8. The smallest absolute Gasteiger partial charge is 0.0726 e. The van der Waals surface area contributed by atoms with Crippen molar-refractivity contribution in [3.8, 4) is 0 Å². The minimum absolute atomic E-state index is 0.00325. The van der Waals surface area contributed by atoms with Gasteiger partial charge in [0.2, 0.25) is 0 Å². The first-order chi connectivity index (χ1) is 51.3. The molecule has 7 aromatic carbocycles. The molecule has 0 saturated carbocycles. The van der Waals surface area contributed by atoms with E-state index in [-0.39, 0.29) is 55.5 Å². The Bertz CT molecular complexity index is 3350. The Morgan fingerprint density at radius 2 is 0.598 bits per heavy atom. The fourth-order valence-electron chi connectivity index (χ4n) is 15.0. The van der Waals surface area contributed by atoms with Crippen LogP contribution in [0.25, 0.3) is 0 Å². The number of likely N-dealkylation sites (N-methyl/N-ethyl adjacent to an activating group) is 1. The van der Waals surface area contributed by atoms with Crippen LogP contribution in [0.3, 0.4) is 0 Å². The van der Waals surface area contributed by atoms with Crippen molar-refractivity contribution >= 4 is 132 Å². The SMILES string of the molecule is CC1CC(C)CN(c2ccccc2P(C)C)C1.CC1CN(c2ccccc2P(C)C)CC(C)O1.CN(C)c1ccccc1P(C)C.CN1CCN(c2ccccc2P(C)C)CC1.CP(C)c1ccccc1N1CCCCC1.CP(C)c1ccccc1N1CCNCC1.CP(C)c1ccccc1N1CCOCC1. The Labute approximate surface area is 661 Å². The van der Waals surface area contributed by atoms with Gasteiger partial charge in [-0.25, -0.2) is 0 Å². The van der Waals surface area contributed by atoms with Crippen LogP contribution in [0.5, 0.6) is 0 Å². The predicted molar refractivity (Wildman–Crippen MR) is 500 cm³/mol. The lowest BCUT2D eigenvalue weighted by atomic mass is 9.91. The van der Waals surface area contributed by atoms with E-state index in [1.807, 2.05) is 0 Å². The second-order valence-corrected chi connectivity index (χ2v) is 47.2. The van der Waals surface area contributed by atoms with Crippen LogP contribution < -0.4 is 76.7 Å². The molecular weight excluding hydrogens is 1440 g/mol. The standard InChI is InChI=1S/C15H24NP.C14H22NOP.C13H21N2P.C13H20NP.C12H19N2P.C12H18NOP.C10H16NP/c1-12-9-13(2)11-16(10-12)14-7-5-6-8-15(14)17(3)4;1-11-9-15(10-12(2)16-11)13-7-5-6-8-14(13)17(3)4;1-14-8-10-15(11-9-14)12-6-4-5-7-13(12)16(2)3;1-15(2)13-9-5-4-8-12(13)14-10-6-3-7-11-14;1-15(2)12-6-4-3-5-11(12)14-9-7-13-8-10-14;1-15(2)12-6-4-3-5-11(12)13-7-9-14-10-8-13;1-11(2)9-7-5-6-8-10(9)12(3)4/h5-8,12-13H,9-11H2,1-4H3;5-8,11-12H,9-10H2,1-4H3;4-7H,8-11H2,1-3H3;4-5,8-9H,3,6-7,10-11H2,1-2H3;3-6,13H,7-10H2,1-2H3;3-6H,7-10H2,1-2H3;5-8H,1-4H3. The first kappa shape index (κ1) is 90.2. The van der Waals surface area contributed by atoms with Crippen LogP contribution in [0.2, 0.25) is 0 Å². The Kier molecular flexibility index (Phi) is 40.0. The van der Waals surface area contributed by atoms with E-state index < -0.39 is 0 Å². The molecule has 0 amide bonds. The van der Waals surface area contributed by atoms with Crippen molar-refractivity contribution in [3.63, 3.8) is 0 Å². The summed E-state index contributed by atoms with van der Waals surface area (Å²) in [5.41, 5.74) is 10.1. The van der Waals surface area contributed by atoms with E-state index in [9.17, 15) is 0 Å². The van der Waals surface area contributed by atoms with Gasteiger partial charge in [-0.05, 0) is 231 Å². The maximum atomic E-state index is 5.80. The van der Waals surface area contributed by atoms with Gasteiger partial charge in [0, 0.05) is 159 Å². The van der Waals surface area contributed by atoms with Gasteiger partial charge in [-0.1, -0.05) is 197 Å². The molecule has 0 aliphatic carbocycles. The topological polar surface area (TPSA) is 56.4 Å². The molecule has 107 heavy (non-hydrogen) atoms. The zero-order valence-electron chi connectivity index (χ0n) is 70.1. The van der Waals surface area contributed by atoms with E-state index in [2.05, 4.69) is 357 Å². The van der Waals surface area contributed by atoms with E-state index in [1.54, 1.807) is 15.9 Å². The van der Waals surface area contributed by atoms with Gasteiger partial charge in [0.1, 0.15) is 0 Å². The summed E-state index contributed by atoms with van der Waals surface area (Å²) in [5.74, 6) is 1.65. The number of ether oxygens (including phenoxy) is 2. The van der Waals surface area contributed by atoms with Gasteiger partial charge in [0.25, 0.3) is 0 Å². The zero-order valence-corrected chi connectivity index (χ0v) is 76.3. The van der Waals surface area contributed by atoms with Gasteiger partial charge in [-0.2, -0.15) is 0 Å². The molecule has 0 aromatic heterocycles. The van der Waals surface area contributed by atoms with Crippen molar-refractivity contribution in [1.29, 1.82) is 0 Å². The average molecular weight is 1580 g/mol. The first-order valence-corrected chi connectivity index (χ1v) is 55.1. The molecule has 0 spiro atoms. The third-order valence-corrected chi connectivity index (χ3v) is 29.7. The number of piperidine rings is 2. The summed E-state index contributed by atoms with van der Waals surface area (Å²) in [7, 11) is 6.32. The van der Waals surface area contributed by atoms with Crippen LogP contribution in [-0.4, -0.2) is 249 Å². The number of para-hydroxylation sites is 7. The number of nitrogens with one attached hydrogen (secondary N) is 1.